The monoisotopic (exact) mass is 258 g/mol. The maximum Gasteiger partial charge on any atom is 0.228 e. The minimum Gasteiger partial charge on any atom is -0.349 e. The second-order valence-electron chi connectivity index (χ2n) is 5.97. The first kappa shape index (κ1) is 12.7. The lowest BCUT2D eigenvalue weighted by atomic mass is 9.75. The highest BCUT2D eigenvalue weighted by Gasteiger charge is 2.39. The number of carbonyl (C=O) groups excluding carboxylic acids is 1. The number of nitrogens with two attached hydrogens (primary N) is 1. The summed E-state index contributed by atoms with van der Waals surface area (Å²) in [6.45, 7) is 0.563. The standard InChI is InChI=1S/C16H22N2O/c17-11-16(9-4-10-16)18-15(19)14-8-3-6-12-5-1-2-7-13(12)14/h1-2,5,7,14H,3-4,6,8-11,17H2,(H,18,19). The number of amides is 1. The number of hydrogen-bond acceptors (Lipinski definition) is 2. The molecule has 102 valence electrons. The van der Waals surface area contributed by atoms with Gasteiger partial charge < -0.3 is 11.1 Å². The van der Waals surface area contributed by atoms with E-state index < -0.39 is 0 Å². The molecule has 1 saturated carbocycles. The fourth-order valence-electron chi connectivity index (χ4n) is 3.36. The molecule has 0 saturated heterocycles. The SMILES string of the molecule is NCC1(NC(=O)C2CCCc3ccccc32)CCC1. The number of fused-ring (bicyclic) bond motifs is 1. The first-order chi connectivity index (χ1) is 9.24. The van der Waals surface area contributed by atoms with Crippen LogP contribution in [-0.2, 0) is 11.2 Å². The molecule has 0 radical (unpaired) electrons. The molecule has 19 heavy (non-hydrogen) atoms. The van der Waals surface area contributed by atoms with E-state index in [1.165, 1.54) is 17.5 Å². The van der Waals surface area contributed by atoms with Gasteiger partial charge in [-0.2, -0.15) is 0 Å². The van der Waals surface area contributed by atoms with E-state index in [4.69, 9.17) is 5.73 Å². The van der Waals surface area contributed by atoms with Crippen LogP contribution >= 0.6 is 0 Å². The van der Waals surface area contributed by atoms with Crippen LogP contribution in [0.15, 0.2) is 24.3 Å². The molecule has 0 aromatic heterocycles. The van der Waals surface area contributed by atoms with Gasteiger partial charge >= 0.3 is 0 Å². The first-order valence-electron chi connectivity index (χ1n) is 7.34. The minimum absolute atomic E-state index is 0.0222. The van der Waals surface area contributed by atoms with Crippen molar-refractivity contribution >= 4 is 5.91 Å². The average Bonchev–Trinajstić information content (AvgIpc) is 2.42. The van der Waals surface area contributed by atoms with Gasteiger partial charge in [0.05, 0.1) is 11.5 Å². The third-order valence-electron chi connectivity index (χ3n) is 4.78. The fraction of sp³-hybridized carbons (Fsp3) is 0.562. The topological polar surface area (TPSA) is 55.1 Å². The molecular formula is C16H22N2O. The van der Waals surface area contributed by atoms with Crippen LogP contribution < -0.4 is 11.1 Å². The van der Waals surface area contributed by atoms with Gasteiger partial charge in [-0.15, -0.1) is 0 Å². The Morgan fingerprint density at radius 3 is 2.79 bits per heavy atom. The van der Waals surface area contributed by atoms with Gasteiger partial charge in [-0.25, -0.2) is 0 Å². The number of benzene rings is 1. The van der Waals surface area contributed by atoms with Crippen LogP contribution in [0.25, 0.3) is 0 Å². The third kappa shape index (κ3) is 2.27. The number of nitrogens with one attached hydrogen (secondary N) is 1. The zero-order chi connectivity index (χ0) is 13.3. The van der Waals surface area contributed by atoms with E-state index in [9.17, 15) is 4.79 Å². The number of aryl methyl sites for hydroxylation is 1. The van der Waals surface area contributed by atoms with Crippen molar-refractivity contribution in [1.82, 2.24) is 5.32 Å². The highest BCUT2D eigenvalue weighted by atomic mass is 16.2. The maximum absolute atomic E-state index is 12.6. The molecule has 0 heterocycles. The van der Waals surface area contributed by atoms with Crippen molar-refractivity contribution in [3.8, 4) is 0 Å². The Labute approximate surface area is 114 Å². The van der Waals surface area contributed by atoms with Crippen molar-refractivity contribution in [2.75, 3.05) is 6.54 Å². The minimum atomic E-state index is -0.108. The molecule has 0 spiro atoms. The lowest BCUT2D eigenvalue weighted by molar-refractivity contribution is -0.125. The molecule has 1 amide bonds. The van der Waals surface area contributed by atoms with Gasteiger partial charge in [0.25, 0.3) is 0 Å². The second kappa shape index (κ2) is 4.97. The first-order valence-corrected chi connectivity index (χ1v) is 7.34. The summed E-state index contributed by atoms with van der Waals surface area (Å²) in [6.07, 6.45) is 6.40. The van der Waals surface area contributed by atoms with Gasteiger partial charge in [0, 0.05) is 6.54 Å². The summed E-state index contributed by atoms with van der Waals surface area (Å²) in [5.74, 6) is 0.200. The molecule has 1 unspecified atom stereocenters. The Balaban J connectivity index is 1.78. The summed E-state index contributed by atoms with van der Waals surface area (Å²) < 4.78 is 0. The van der Waals surface area contributed by atoms with E-state index in [1.54, 1.807) is 0 Å². The predicted molar refractivity (Wildman–Crippen MR) is 75.9 cm³/mol. The third-order valence-corrected chi connectivity index (χ3v) is 4.78. The van der Waals surface area contributed by atoms with E-state index >= 15 is 0 Å². The number of rotatable bonds is 3. The van der Waals surface area contributed by atoms with Gasteiger partial charge in [-0.05, 0) is 49.7 Å². The highest BCUT2D eigenvalue weighted by molar-refractivity contribution is 5.85. The van der Waals surface area contributed by atoms with E-state index in [0.717, 1.165) is 32.1 Å². The van der Waals surface area contributed by atoms with Crippen LogP contribution in [0.3, 0.4) is 0 Å². The maximum atomic E-state index is 12.6. The Morgan fingerprint density at radius 2 is 2.11 bits per heavy atom. The molecule has 1 atom stereocenters. The Kier molecular flexibility index (Phi) is 3.31. The van der Waals surface area contributed by atoms with Crippen molar-refractivity contribution in [2.24, 2.45) is 5.73 Å². The molecule has 3 rings (SSSR count). The van der Waals surface area contributed by atoms with Gasteiger partial charge in [-0.1, -0.05) is 24.3 Å². The Bertz CT molecular complexity index is 474. The molecule has 3 N–H and O–H groups in total. The molecule has 0 bridgehead atoms. The van der Waals surface area contributed by atoms with E-state index in [-0.39, 0.29) is 17.4 Å². The zero-order valence-electron chi connectivity index (χ0n) is 11.3. The predicted octanol–water partition coefficient (Wildman–Crippen LogP) is 2.10. The van der Waals surface area contributed by atoms with E-state index in [1.807, 2.05) is 6.07 Å². The molecule has 2 aliphatic rings. The van der Waals surface area contributed by atoms with E-state index in [0.29, 0.717) is 6.54 Å². The number of hydrogen-bond donors (Lipinski definition) is 2. The quantitative estimate of drug-likeness (QED) is 0.872. The normalized spacial score (nSPS) is 24.2. The van der Waals surface area contributed by atoms with Crippen LogP contribution in [0.1, 0.15) is 49.1 Å². The molecule has 1 fully saturated rings. The van der Waals surface area contributed by atoms with Crippen molar-refractivity contribution in [1.29, 1.82) is 0 Å². The summed E-state index contributed by atoms with van der Waals surface area (Å²) in [7, 11) is 0. The van der Waals surface area contributed by atoms with Crippen LogP contribution in [0, 0.1) is 0 Å². The van der Waals surface area contributed by atoms with Crippen LogP contribution in [0.4, 0.5) is 0 Å². The van der Waals surface area contributed by atoms with Gasteiger partial charge in [0.2, 0.25) is 5.91 Å². The molecule has 1 aromatic rings. The molecule has 3 nitrogen and oxygen atoms in total. The number of carbonyl (C=O) groups is 1. The van der Waals surface area contributed by atoms with Crippen molar-refractivity contribution in [2.45, 2.75) is 50.0 Å². The lowest BCUT2D eigenvalue weighted by Crippen LogP contribution is -2.59. The summed E-state index contributed by atoms with van der Waals surface area (Å²) in [6, 6.07) is 8.35. The summed E-state index contributed by atoms with van der Waals surface area (Å²) >= 11 is 0. The summed E-state index contributed by atoms with van der Waals surface area (Å²) in [4.78, 5) is 12.6. The highest BCUT2D eigenvalue weighted by Crippen LogP contribution is 2.35. The van der Waals surface area contributed by atoms with Crippen LogP contribution in [0.2, 0.25) is 0 Å². The molecular weight excluding hydrogens is 236 g/mol. The zero-order valence-corrected chi connectivity index (χ0v) is 11.3. The Morgan fingerprint density at radius 1 is 1.32 bits per heavy atom. The molecule has 3 heteroatoms. The van der Waals surface area contributed by atoms with Crippen molar-refractivity contribution < 1.29 is 4.79 Å². The lowest BCUT2D eigenvalue weighted by Gasteiger charge is -2.42. The van der Waals surface area contributed by atoms with Gasteiger partial charge in [0.1, 0.15) is 0 Å². The van der Waals surface area contributed by atoms with E-state index in [2.05, 4.69) is 23.5 Å². The molecule has 1 aromatic carbocycles. The average molecular weight is 258 g/mol. The smallest absolute Gasteiger partial charge is 0.228 e. The Hall–Kier alpha value is -1.35. The van der Waals surface area contributed by atoms with Crippen molar-refractivity contribution in [3.05, 3.63) is 35.4 Å². The second-order valence-corrected chi connectivity index (χ2v) is 5.97. The van der Waals surface area contributed by atoms with Crippen LogP contribution in [0.5, 0.6) is 0 Å². The van der Waals surface area contributed by atoms with Crippen LogP contribution in [-0.4, -0.2) is 18.0 Å². The molecule has 0 aliphatic heterocycles. The molecule has 2 aliphatic carbocycles. The fourth-order valence-corrected chi connectivity index (χ4v) is 3.36. The van der Waals surface area contributed by atoms with Gasteiger partial charge in [-0.3, -0.25) is 4.79 Å². The summed E-state index contributed by atoms with van der Waals surface area (Å²) in [5, 5.41) is 3.23. The van der Waals surface area contributed by atoms with Crippen molar-refractivity contribution in [3.63, 3.8) is 0 Å². The summed E-state index contributed by atoms with van der Waals surface area (Å²) in [5.41, 5.74) is 8.28. The van der Waals surface area contributed by atoms with Gasteiger partial charge in [0.15, 0.2) is 0 Å². The largest absolute Gasteiger partial charge is 0.349 e.